The lowest BCUT2D eigenvalue weighted by atomic mass is 10.2. The quantitative estimate of drug-likeness (QED) is 0.795. The molecule has 0 heterocycles. The van der Waals surface area contributed by atoms with Gasteiger partial charge in [0, 0.05) is 20.0 Å². The third kappa shape index (κ3) is 4.29. The van der Waals surface area contributed by atoms with Gasteiger partial charge >= 0.3 is 0 Å². The minimum atomic E-state index is -3.60. The number of aryl methyl sites for hydroxylation is 2. The van der Waals surface area contributed by atoms with Crippen molar-refractivity contribution in [3.05, 3.63) is 29.3 Å². The lowest BCUT2D eigenvalue weighted by Gasteiger charge is -2.14. The lowest BCUT2D eigenvalue weighted by Crippen LogP contribution is -2.31. The zero-order chi connectivity index (χ0) is 15.3. The van der Waals surface area contributed by atoms with E-state index in [4.69, 9.17) is 4.84 Å². The van der Waals surface area contributed by atoms with Gasteiger partial charge in [-0.1, -0.05) is 17.7 Å². The van der Waals surface area contributed by atoms with Crippen LogP contribution in [0.3, 0.4) is 0 Å². The van der Waals surface area contributed by atoms with Crippen LogP contribution in [-0.4, -0.2) is 40.1 Å². The first-order valence-electron chi connectivity index (χ1n) is 6.15. The number of amides is 1. The highest BCUT2D eigenvalue weighted by molar-refractivity contribution is 7.89. The van der Waals surface area contributed by atoms with Crippen molar-refractivity contribution in [2.75, 3.05) is 20.7 Å². The molecule has 0 unspecified atom stereocenters. The van der Waals surface area contributed by atoms with Gasteiger partial charge in [-0.15, -0.1) is 0 Å². The number of hydrogen-bond donors (Lipinski definition) is 1. The molecular weight excluding hydrogens is 280 g/mol. The van der Waals surface area contributed by atoms with Gasteiger partial charge in [-0.3, -0.25) is 9.63 Å². The number of hydrogen-bond acceptors (Lipinski definition) is 4. The maximum atomic E-state index is 12.1. The number of nitrogens with one attached hydrogen (secondary N) is 1. The van der Waals surface area contributed by atoms with Crippen molar-refractivity contribution in [2.24, 2.45) is 0 Å². The van der Waals surface area contributed by atoms with Crippen LogP contribution in [0.1, 0.15) is 17.5 Å². The number of hydroxylamine groups is 2. The van der Waals surface area contributed by atoms with E-state index >= 15 is 0 Å². The molecule has 0 fully saturated rings. The van der Waals surface area contributed by atoms with Crippen LogP contribution < -0.4 is 4.72 Å². The van der Waals surface area contributed by atoms with Crippen molar-refractivity contribution >= 4 is 15.9 Å². The van der Waals surface area contributed by atoms with Crippen LogP contribution in [0, 0.1) is 13.8 Å². The lowest BCUT2D eigenvalue weighted by molar-refractivity contribution is -0.168. The predicted molar refractivity (Wildman–Crippen MR) is 75.5 cm³/mol. The van der Waals surface area contributed by atoms with E-state index in [9.17, 15) is 13.2 Å². The van der Waals surface area contributed by atoms with Crippen molar-refractivity contribution in [3.63, 3.8) is 0 Å². The largest absolute Gasteiger partial charge is 0.275 e. The van der Waals surface area contributed by atoms with Crippen LogP contribution in [0.15, 0.2) is 23.1 Å². The topological polar surface area (TPSA) is 75.7 Å². The fraction of sp³-hybridized carbons (Fsp3) is 0.462. The van der Waals surface area contributed by atoms with Gasteiger partial charge in [-0.25, -0.2) is 18.2 Å². The Morgan fingerprint density at radius 3 is 2.55 bits per heavy atom. The Balaban J connectivity index is 2.69. The molecule has 0 radical (unpaired) electrons. The maximum Gasteiger partial charge on any atom is 0.247 e. The number of carbonyl (C=O) groups is 1. The molecule has 0 aromatic heterocycles. The number of benzene rings is 1. The van der Waals surface area contributed by atoms with Crippen LogP contribution in [0.25, 0.3) is 0 Å². The fourth-order valence-electron chi connectivity index (χ4n) is 1.73. The second kappa shape index (κ2) is 6.83. The summed E-state index contributed by atoms with van der Waals surface area (Å²) in [5, 5.41) is 1.06. The molecule has 20 heavy (non-hydrogen) atoms. The smallest absolute Gasteiger partial charge is 0.247 e. The van der Waals surface area contributed by atoms with E-state index in [-0.39, 0.29) is 23.8 Å². The Kier molecular flexibility index (Phi) is 5.67. The minimum Gasteiger partial charge on any atom is -0.275 e. The average Bonchev–Trinajstić information content (AvgIpc) is 2.36. The van der Waals surface area contributed by atoms with Gasteiger partial charge in [0.1, 0.15) is 0 Å². The van der Waals surface area contributed by atoms with Gasteiger partial charge in [0.05, 0.1) is 12.0 Å². The zero-order valence-electron chi connectivity index (χ0n) is 12.1. The fourth-order valence-corrected chi connectivity index (χ4v) is 2.99. The van der Waals surface area contributed by atoms with Gasteiger partial charge in [0.25, 0.3) is 0 Å². The van der Waals surface area contributed by atoms with E-state index in [2.05, 4.69) is 4.72 Å². The Morgan fingerprint density at radius 2 is 2.00 bits per heavy atom. The molecule has 1 rings (SSSR count). The van der Waals surface area contributed by atoms with Gasteiger partial charge < -0.3 is 0 Å². The molecule has 0 bridgehead atoms. The normalized spacial score (nSPS) is 11.4. The summed E-state index contributed by atoms with van der Waals surface area (Å²) in [6.07, 6.45) is 0.0362. The molecule has 0 aliphatic rings. The highest BCUT2D eigenvalue weighted by Crippen LogP contribution is 2.16. The summed E-state index contributed by atoms with van der Waals surface area (Å²) in [5.74, 6) is -0.296. The van der Waals surface area contributed by atoms with Crippen LogP contribution in [0.4, 0.5) is 0 Å². The first kappa shape index (κ1) is 16.6. The van der Waals surface area contributed by atoms with Crippen molar-refractivity contribution in [3.8, 4) is 0 Å². The number of carbonyl (C=O) groups excluding carboxylic acids is 1. The third-order valence-corrected chi connectivity index (χ3v) is 4.50. The summed E-state index contributed by atoms with van der Waals surface area (Å²) < 4.78 is 26.7. The Labute approximate surface area is 119 Å². The molecule has 112 valence electrons. The molecule has 6 nitrogen and oxygen atoms in total. The number of rotatable bonds is 6. The number of nitrogens with zero attached hydrogens (tertiary/aromatic N) is 1. The summed E-state index contributed by atoms with van der Waals surface area (Å²) >= 11 is 0. The molecule has 1 aromatic rings. The van der Waals surface area contributed by atoms with Gasteiger partial charge in [-0.05, 0) is 25.5 Å². The Bertz CT molecular complexity index is 584. The van der Waals surface area contributed by atoms with Crippen LogP contribution in [0.5, 0.6) is 0 Å². The van der Waals surface area contributed by atoms with Crippen LogP contribution in [0.2, 0.25) is 0 Å². The summed E-state index contributed by atoms with van der Waals surface area (Å²) in [6, 6.07) is 5.11. The molecule has 0 saturated heterocycles. The zero-order valence-corrected chi connectivity index (χ0v) is 13.0. The third-order valence-electron chi connectivity index (χ3n) is 2.88. The second-order valence-corrected chi connectivity index (χ2v) is 6.23. The van der Waals surface area contributed by atoms with Crippen molar-refractivity contribution in [1.82, 2.24) is 9.79 Å². The Morgan fingerprint density at radius 1 is 1.35 bits per heavy atom. The van der Waals surface area contributed by atoms with E-state index in [1.54, 1.807) is 25.1 Å². The second-order valence-electron chi connectivity index (χ2n) is 4.49. The predicted octanol–water partition coefficient (Wildman–Crippen LogP) is 0.992. The summed E-state index contributed by atoms with van der Waals surface area (Å²) in [4.78, 5) is 16.4. The molecule has 0 atom stereocenters. The SMILES string of the molecule is CON(C)C(=O)CCNS(=O)(=O)c1ccc(C)cc1C. The standard InChI is InChI=1S/C13H20N2O4S/c1-10-5-6-12(11(2)9-10)20(17,18)14-8-7-13(16)15(3)19-4/h5-6,9,14H,7-8H2,1-4H3. The van der Waals surface area contributed by atoms with Gasteiger partial charge in [0.2, 0.25) is 15.9 Å². The van der Waals surface area contributed by atoms with Gasteiger partial charge in [0.15, 0.2) is 0 Å². The number of sulfonamides is 1. The van der Waals surface area contributed by atoms with Crippen molar-refractivity contribution < 1.29 is 18.0 Å². The molecule has 0 spiro atoms. The minimum absolute atomic E-state index is 0.0299. The van der Waals surface area contributed by atoms with E-state index in [0.717, 1.165) is 10.6 Å². The van der Waals surface area contributed by atoms with Crippen LogP contribution >= 0.6 is 0 Å². The van der Waals surface area contributed by atoms with Gasteiger partial charge in [-0.2, -0.15) is 0 Å². The van der Waals surface area contributed by atoms with E-state index in [1.807, 2.05) is 6.92 Å². The van der Waals surface area contributed by atoms with Crippen molar-refractivity contribution in [1.29, 1.82) is 0 Å². The van der Waals surface area contributed by atoms with E-state index in [0.29, 0.717) is 5.56 Å². The molecule has 1 amide bonds. The summed E-state index contributed by atoms with van der Waals surface area (Å²) in [5.41, 5.74) is 1.68. The van der Waals surface area contributed by atoms with Crippen LogP contribution in [-0.2, 0) is 19.7 Å². The highest BCUT2D eigenvalue weighted by atomic mass is 32.2. The molecule has 7 heteroatoms. The maximum absolute atomic E-state index is 12.1. The first-order valence-corrected chi connectivity index (χ1v) is 7.64. The Hall–Kier alpha value is -1.44. The van der Waals surface area contributed by atoms with Crippen molar-refractivity contribution in [2.45, 2.75) is 25.2 Å². The highest BCUT2D eigenvalue weighted by Gasteiger charge is 2.17. The first-order chi connectivity index (χ1) is 9.27. The summed E-state index contributed by atoms with van der Waals surface area (Å²) in [7, 11) is -0.751. The van der Waals surface area contributed by atoms with E-state index in [1.165, 1.54) is 14.2 Å². The van der Waals surface area contributed by atoms with E-state index < -0.39 is 10.0 Å². The molecule has 0 aliphatic carbocycles. The molecule has 0 aliphatic heterocycles. The monoisotopic (exact) mass is 300 g/mol. The molecule has 1 aromatic carbocycles. The molecular formula is C13H20N2O4S. The summed E-state index contributed by atoms with van der Waals surface area (Å²) in [6.45, 7) is 3.67. The molecule has 0 saturated carbocycles. The average molecular weight is 300 g/mol. The molecule has 1 N–H and O–H groups in total.